The van der Waals surface area contributed by atoms with Crippen molar-refractivity contribution in [3.05, 3.63) is 33.8 Å². The van der Waals surface area contributed by atoms with Gasteiger partial charge in [0.1, 0.15) is 0 Å². The van der Waals surface area contributed by atoms with E-state index in [0.29, 0.717) is 0 Å². The maximum Gasteiger partial charge on any atom is 0.0718 e. The SMILES string of the molecule is N#CC1CCc2ccc(Br)cc21. The van der Waals surface area contributed by atoms with E-state index in [9.17, 15) is 0 Å². The average molecular weight is 222 g/mol. The van der Waals surface area contributed by atoms with E-state index in [-0.39, 0.29) is 5.92 Å². The van der Waals surface area contributed by atoms with Crippen LogP contribution in [0, 0.1) is 11.3 Å². The van der Waals surface area contributed by atoms with Crippen molar-refractivity contribution < 1.29 is 0 Å². The van der Waals surface area contributed by atoms with Crippen LogP contribution in [0.25, 0.3) is 0 Å². The number of nitrogens with zero attached hydrogens (tertiary/aromatic N) is 1. The van der Waals surface area contributed by atoms with Crippen LogP contribution >= 0.6 is 15.9 Å². The topological polar surface area (TPSA) is 23.8 Å². The van der Waals surface area contributed by atoms with Gasteiger partial charge in [0.15, 0.2) is 0 Å². The average Bonchev–Trinajstić information content (AvgIpc) is 2.46. The highest BCUT2D eigenvalue weighted by Gasteiger charge is 2.21. The fourth-order valence-electron chi connectivity index (χ4n) is 1.71. The molecular weight excluding hydrogens is 214 g/mol. The Morgan fingerprint density at radius 2 is 2.33 bits per heavy atom. The van der Waals surface area contributed by atoms with Crippen molar-refractivity contribution in [2.75, 3.05) is 0 Å². The number of aryl methyl sites for hydroxylation is 1. The molecule has 0 heterocycles. The lowest BCUT2D eigenvalue weighted by molar-refractivity contribution is 0.825. The van der Waals surface area contributed by atoms with E-state index in [4.69, 9.17) is 5.26 Å². The Hall–Kier alpha value is -0.810. The van der Waals surface area contributed by atoms with Gasteiger partial charge in [-0.1, -0.05) is 22.0 Å². The summed E-state index contributed by atoms with van der Waals surface area (Å²) in [6.07, 6.45) is 2.04. The predicted octanol–water partition coefficient (Wildman–Crippen LogP) is 3.00. The van der Waals surface area contributed by atoms with Crippen molar-refractivity contribution in [2.24, 2.45) is 0 Å². The quantitative estimate of drug-likeness (QED) is 0.661. The lowest BCUT2D eigenvalue weighted by Crippen LogP contribution is -1.87. The van der Waals surface area contributed by atoms with Crippen LogP contribution in [0.1, 0.15) is 23.5 Å². The second-order valence-electron chi connectivity index (χ2n) is 3.06. The maximum absolute atomic E-state index is 8.84. The minimum Gasteiger partial charge on any atom is -0.198 e. The standard InChI is InChI=1S/C10H8BrN/c11-9-4-3-7-1-2-8(6-12)10(7)5-9/h3-5,8H,1-2H2. The van der Waals surface area contributed by atoms with E-state index in [1.54, 1.807) is 0 Å². The molecule has 0 saturated carbocycles. The van der Waals surface area contributed by atoms with E-state index in [1.807, 2.05) is 6.07 Å². The molecule has 2 rings (SSSR count). The first kappa shape index (κ1) is 7.82. The van der Waals surface area contributed by atoms with Gasteiger partial charge in [-0.15, -0.1) is 0 Å². The molecule has 1 unspecified atom stereocenters. The minimum atomic E-state index is 0.123. The number of benzene rings is 1. The molecular formula is C10H8BrN. The van der Waals surface area contributed by atoms with Gasteiger partial charge in [-0.2, -0.15) is 5.26 Å². The predicted molar refractivity (Wildman–Crippen MR) is 50.8 cm³/mol. The molecule has 1 aromatic carbocycles. The molecule has 0 radical (unpaired) electrons. The molecule has 1 aliphatic carbocycles. The van der Waals surface area contributed by atoms with Crippen molar-refractivity contribution in [3.8, 4) is 6.07 Å². The van der Waals surface area contributed by atoms with Crippen molar-refractivity contribution in [1.29, 1.82) is 5.26 Å². The summed E-state index contributed by atoms with van der Waals surface area (Å²) in [6.45, 7) is 0. The Bertz CT molecular complexity index is 351. The summed E-state index contributed by atoms with van der Waals surface area (Å²) in [5.74, 6) is 0.123. The zero-order valence-corrected chi connectivity index (χ0v) is 8.13. The number of nitriles is 1. The van der Waals surface area contributed by atoms with Gasteiger partial charge in [-0.05, 0) is 36.1 Å². The van der Waals surface area contributed by atoms with Crippen molar-refractivity contribution in [1.82, 2.24) is 0 Å². The Kier molecular flexibility index (Phi) is 1.90. The van der Waals surface area contributed by atoms with Crippen LogP contribution in [-0.4, -0.2) is 0 Å². The Morgan fingerprint density at radius 3 is 3.08 bits per heavy atom. The minimum absolute atomic E-state index is 0.123. The van der Waals surface area contributed by atoms with E-state index in [2.05, 4.69) is 34.1 Å². The fraction of sp³-hybridized carbons (Fsp3) is 0.300. The third-order valence-corrected chi connectivity index (χ3v) is 2.83. The smallest absolute Gasteiger partial charge is 0.0718 e. The molecule has 0 aromatic heterocycles. The van der Waals surface area contributed by atoms with Gasteiger partial charge in [-0.25, -0.2) is 0 Å². The van der Waals surface area contributed by atoms with Crippen LogP contribution in [-0.2, 0) is 6.42 Å². The van der Waals surface area contributed by atoms with E-state index in [0.717, 1.165) is 17.3 Å². The number of rotatable bonds is 0. The summed E-state index contributed by atoms with van der Waals surface area (Å²) < 4.78 is 1.07. The van der Waals surface area contributed by atoms with Crippen molar-refractivity contribution in [3.63, 3.8) is 0 Å². The van der Waals surface area contributed by atoms with Gasteiger partial charge in [0.2, 0.25) is 0 Å². The van der Waals surface area contributed by atoms with Crippen molar-refractivity contribution in [2.45, 2.75) is 18.8 Å². The zero-order chi connectivity index (χ0) is 8.55. The first-order valence-electron chi connectivity index (χ1n) is 3.99. The molecule has 0 amide bonds. The summed E-state index contributed by atoms with van der Waals surface area (Å²) in [7, 11) is 0. The van der Waals surface area contributed by atoms with Gasteiger partial charge in [0, 0.05) is 4.47 Å². The molecule has 0 N–H and O–H groups in total. The molecule has 1 aromatic rings. The number of halogens is 1. The van der Waals surface area contributed by atoms with Gasteiger partial charge in [0.25, 0.3) is 0 Å². The van der Waals surface area contributed by atoms with Crippen LogP contribution in [0.5, 0.6) is 0 Å². The van der Waals surface area contributed by atoms with Gasteiger partial charge in [0.05, 0.1) is 12.0 Å². The van der Waals surface area contributed by atoms with Crippen LogP contribution < -0.4 is 0 Å². The molecule has 0 fully saturated rings. The second-order valence-corrected chi connectivity index (χ2v) is 3.98. The van der Waals surface area contributed by atoms with E-state index >= 15 is 0 Å². The van der Waals surface area contributed by atoms with E-state index < -0.39 is 0 Å². The van der Waals surface area contributed by atoms with Gasteiger partial charge < -0.3 is 0 Å². The third-order valence-electron chi connectivity index (χ3n) is 2.34. The highest BCUT2D eigenvalue weighted by molar-refractivity contribution is 9.10. The fourth-order valence-corrected chi connectivity index (χ4v) is 2.09. The molecule has 1 atom stereocenters. The molecule has 0 spiro atoms. The molecule has 60 valence electrons. The third kappa shape index (κ3) is 1.15. The summed E-state index contributed by atoms with van der Waals surface area (Å²) >= 11 is 3.41. The summed E-state index contributed by atoms with van der Waals surface area (Å²) in [5, 5.41) is 8.84. The van der Waals surface area contributed by atoms with Crippen molar-refractivity contribution >= 4 is 15.9 Å². The molecule has 12 heavy (non-hydrogen) atoms. The summed E-state index contributed by atoms with van der Waals surface area (Å²) in [4.78, 5) is 0. The molecule has 0 aliphatic heterocycles. The Morgan fingerprint density at radius 1 is 1.50 bits per heavy atom. The first-order chi connectivity index (χ1) is 5.81. The monoisotopic (exact) mass is 221 g/mol. The van der Waals surface area contributed by atoms with Crippen LogP contribution in [0.4, 0.5) is 0 Å². The molecule has 2 heteroatoms. The number of fused-ring (bicyclic) bond motifs is 1. The molecule has 1 aliphatic rings. The highest BCUT2D eigenvalue weighted by Crippen LogP contribution is 2.33. The summed E-state index contributed by atoms with van der Waals surface area (Å²) in [6, 6.07) is 8.54. The Balaban J connectivity index is 2.51. The number of hydrogen-bond donors (Lipinski definition) is 0. The lowest BCUT2D eigenvalue weighted by atomic mass is 10.0. The Labute approximate surface area is 80.1 Å². The van der Waals surface area contributed by atoms with Crippen LogP contribution in [0.3, 0.4) is 0 Å². The summed E-state index contributed by atoms with van der Waals surface area (Å²) in [5.41, 5.74) is 2.55. The normalized spacial score (nSPS) is 20.2. The largest absolute Gasteiger partial charge is 0.198 e. The van der Waals surface area contributed by atoms with Gasteiger partial charge in [-0.3, -0.25) is 0 Å². The number of hydrogen-bond acceptors (Lipinski definition) is 1. The van der Waals surface area contributed by atoms with Gasteiger partial charge >= 0.3 is 0 Å². The van der Waals surface area contributed by atoms with Crippen LogP contribution in [0.15, 0.2) is 22.7 Å². The highest BCUT2D eigenvalue weighted by atomic mass is 79.9. The first-order valence-corrected chi connectivity index (χ1v) is 4.78. The molecule has 0 bridgehead atoms. The zero-order valence-electron chi connectivity index (χ0n) is 6.55. The lowest BCUT2D eigenvalue weighted by Gasteiger charge is -2.01. The van der Waals surface area contributed by atoms with E-state index in [1.165, 1.54) is 11.1 Å². The van der Waals surface area contributed by atoms with Crippen LogP contribution in [0.2, 0.25) is 0 Å². The second kappa shape index (κ2) is 2.91. The molecule has 0 saturated heterocycles. The maximum atomic E-state index is 8.84. The molecule has 1 nitrogen and oxygen atoms in total.